The first-order valence-corrected chi connectivity index (χ1v) is 11.0. The van der Waals surface area contributed by atoms with Gasteiger partial charge in [0.2, 0.25) is 17.7 Å². The number of imide groups is 1. The van der Waals surface area contributed by atoms with Crippen molar-refractivity contribution in [1.29, 1.82) is 0 Å². The van der Waals surface area contributed by atoms with Gasteiger partial charge in [0.1, 0.15) is 0 Å². The van der Waals surface area contributed by atoms with Crippen LogP contribution in [0.25, 0.3) is 0 Å². The summed E-state index contributed by atoms with van der Waals surface area (Å²) in [7, 11) is 0. The Morgan fingerprint density at radius 3 is 2.96 bits per heavy atom. The Labute approximate surface area is 156 Å². The number of hydrogen-bond acceptors (Lipinski definition) is 7. The first-order chi connectivity index (χ1) is 12.1. The summed E-state index contributed by atoms with van der Waals surface area (Å²) in [6.07, 6.45) is 3.97. The molecule has 3 saturated heterocycles. The van der Waals surface area contributed by atoms with Crippen LogP contribution in [0.2, 0.25) is 0 Å². The Morgan fingerprint density at radius 2 is 2.16 bits per heavy atom. The summed E-state index contributed by atoms with van der Waals surface area (Å²) in [5, 5.41) is 12.5. The molecule has 140 valence electrons. The smallest absolute Gasteiger partial charge is 0.240 e. The van der Waals surface area contributed by atoms with Crippen molar-refractivity contribution in [3.63, 3.8) is 0 Å². The van der Waals surface area contributed by atoms with E-state index in [0.29, 0.717) is 36.1 Å². The van der Waals surface area contributed by atoms with E-state index in [2.05, 4.69) is 21.3 Å². The molecule has 25 heavy (non-hydrogen) atoms. The summed E-state index contributed by atoms with van der Waals surface area (Å²) < 4.78 is 0. The molecule has 3 rings (SSSR count). The van der Waals surface area contributed by atoms with Crippen molar-refractivity contribution in [3.8, 4) is 0 Å². The zero-order valence-corrected chi connectivity index (χ0v) is 15.8. The Kier molecular flexibility index (Phi) is 7.03. The summed E-state index contributed by atoms with van der Waals surface area (Å²) >= 11 is 3.47. The summed E-state index contributed by atoms with van der Waals surface area (Å²) in [6, 6.07) is 1.21. The third-order valence-corrected chi connectivity index (χ3v) is 7.57. The zero-order chi connectivity index (χ0) is 17.6. The minimum absolute atomic E-state index is 0.0742. The van der Waals surface area contributed by atoms with Gasteiger partial charge in [0.25, 0.3) is 0 Å². The van der Waals surface area contributed by atoms with Crippen LogP contribution in [0.5, 0.6) is 0 Å². The minimum Gasteiger partial charge on any atom is -0.355 e. The maximum atomic E-state index is 11.9. The fraction of sp³-hybridized carbons (Fsp3) is 0.812. The summed E-state index contributed by atoms with van der Waals surface area (Å²) in [4.78, 5) is 34.4. The van der Waals surface area contributed by atoms with E-state index in [1.54, 1.807) is 0 Å². The van der Waals surface area contributed by atoms with Crippen molar-refractivity contribution in [2.45, 2.75) is 54.7 Å². The Bertz CT molecular complexity index is 520. The van der Waals surface area contributed by atoms with E-state index >= 15 is 0 Å². The summed E-state index contributed by atoms with van der Waals surface area (Å²) in [6.45, 7) is 1.46. The van der Waals surface area contributed by atoms with Crippen LogP contribution in [0, 0.1) is 0 Å². The van der Waals surface area contributed by atoms with Crippen LogP contribution in [-0.4, -0.2) is 65.0 Å². The number of hydrogen-bond donors (Lipinski definition) is 4. The van der Waals surface area contributed by atoms with Gasteiger partial charge in [0.15, 0.2) is 0 Å². The van der Waals surface area contributed by atoms with Crippen molar-refractivity contribution in [2.24, 2.45) is 0 Å². The molecule has 0 aromatic rings. The van der Waals surface area contributed by atoms with Gasteiger partial charge >= 0.3 is 0 Å². The second-order valence-electron chi connectivity index (χ2n) is 6.66. The summed E-state index contributed by atoms with van der Waals surface area (Å²) in [5.74, 6) is 1.50. The number of rotatable bonds is 9. The molecule has 0 radical (unpaired) electrons. The molecule has 3 aliphatic heterocycles. The largest absolute Gasteiger partial charge is 0.355 e. The quantitative estimate of drug-likeness (QED) is 0.322. The van der Waals surface area contributed by atoms with E-state index in [9.17, 15) is 14.4 Å². The number of fused-ring (bicyclic) bond motifs is 1. The highest BCUT2D eigenvalue weighted by Crippen LogP contribution is 2.32. The van der Waals surface area contributed by atoms with E-state index in [1.165, 1.54) is 17.5 Å². The lowest BCUT2D eigenvalue weighted by Gasteiger charge is -2.17. The maximum Gasteiger partial charge on any atom is 0.240 e. The maximum absolute atomic E-state index is 11.9. The van der Waals surface area contributed by atoms with Gasteiger partial charge < -0.3 is 5.32 Å². The predicted octanol–water partition coefficient (Wildman–Crippen LogP) is -0.186. The first kappa shape index (κ1) is 19.0. The monoisotopic (exact) mass is 386 g/mol. The molecule has 0 spiro atoms. The average Bonchev–Trinajstić information content (AvgIpc) is 3.25. The van der Waals surface area contributed by atoms with E-state index in [4.69, 9.17) is 0 Å². The molecule has 0 saturated carbocycles. The fourth-order valence-electron chi connectivity index (χ4n) is 3.50. The normalized spacial score (nSPS) is 31.2. The van der Waals surface area contributed by atoms with Gasteiger partial charge in [-0.15, -0.1) is 11.8 Å². The van der Waals surface area contributed by atoms with Crippen molar-refractivity contribution in [1.82, 2.24) is 21.3 Å². The van der Waals surface area contributed by atoms with Crippen molar-refractivity contribution < 1.29 is 14.4 Å². The van der Waals surface area contributed by atoms with Crippen LogP contribution < -0.4 is 21.3 Å². The molecule has 3 heterocycles. The molecule has 0 aliphatic carbocycles. The molecule has 3 fully saturated rings. The molecule has 0 aromatic heterocycles. The van der Waals surface area contributed by atoms with E-state index in [-0.39, 0.29) is 29.4 Å². The topological polar surface area (TPSA) is 99.3 Å². The Morgan fingerprint density at radius 1 is 1.28 bits per heavy atom. The lowest BCUT2D eigenvalue weighted by molar-refractivity contribution is -0.125. The highest BCUT2D eigenvalue weighted by molar-refractivity contribution is 8.00. The number of unbranched alkanes of at least 4 members (excludes halogenated alkanes) is 1. The molecule has 3 amide bonds. The van der Waals surface area contributed by atoms with Gasteiger partial charge in [-0.25, -0.2) is 0 Å². The number of carbonyl (C=O) groups is 3. The van der Waals surface area contributed by atoms with Gasteiger partial charge in [0.05, 0.1) is 5.25 Å². The minimum atomic E-state index is -0.296. The third kappa shape index (κ3) is 5.35. The Hall–Kier alpha value is -0.770. The number of amides is 3. The Balaban J connectivity index is 1.19. The van der Waals surface area contributed by atoms with Gasteiger partial charge in [-0.1, -0.05) is 6.42 Å². The SMILES string of the molecule is O=C(CCCC[C@@H]1SC[C@@H]2NCN[C@@H]21)NCCSC1CC(=O)NC1=O. The number of nitrogens with one attached hydrogen (secondary N) is 4. The van der Waals surface area contributed by atoms with Crippen LogP contribution in [0.4, 0.5) is 0 Å². The van der Waals surface area contributed by atoms with Crippen molar-refractivity contribution in [3.05, 3.63) is 0 Å². The van der Waals surface area contributed by atoms with Crippen molar-refractivity contribution >= 4 is 41.2 Å². The first-order valence-electron chi connectivity index (χ1n) is 8.94. The van der Waals surface area contributed by atoms with Crippen LogP contribution in [0.15, 0.2) is 0 Å². The second-order valence-corrected chi connectivity index (χ2v) is 9.24. The van der Waals surface area contributed by atoms with Crippen LogP contribution in [-0.2, 0) is 14.4 Å². The van der Waals surface area contributed by atoms with E-state index in [0.717, 1.165) is 25.9 Å². The molecular weight excluding hydrogens is 360 g/mol. The lowest BCUT2D eigenvalue weighted by atomic mass is 10.0. The highest BCUT2D eigenvalue weighted by atomic mass is 32.2. The number of thioether (sulfide) groups is 2. The molecule has 1 unspecified atom stereocenters. The van der Waals surface area contributed by atoms with Gasteiger partial charge in [-0.05, 0) is 12.8 Å². The van der Waals surface area contributed by atoms with E-state index < -0.39 is 0 Å². The van der Waals surface area contributed by atoms with E-state index in [1.807, 2.05) is 11.8 Å². The molecule has 4 atom stereocenters. The van der Waals surface area contributed by atoms with Gasteiger partial charge in [-0.2, -0.15) is 11.8 Å². The molecule has 7 nitrogen and oxygen atoms in total. The van der Waals surface area contributed by atoms with Crippen molar-refractivity contribution in [2.75, 3.05) is 24.7 Å². The zero-order valence-electron chi connectivity index (χ0n) is 14.2. The average molecular weight is 387 g/mol. The number of carbonyl (C=O) groups excluding carboxylic acids is 3. The molecule has 0 bridgehead atoms. The van der Waals surface area contributed by atoms with Crippen LogP contribution >= 0.6 is 23.5 Å². The van der Waals surface area contributed by atoms with Gasteiger partial charge in [0, 0.05) is 54.9 Å². The predicted molar refractivity (Wildman–Crippen MR) is 100 cm³/mol. The molecule has 3 aliphatic rings. The van der Waals surface area contributed by atoms with Gasteiger partial charge in [-0.3, -0.25) is 30.3 Å². The third-order valence-electron chi connectivity index (χ3n) is 4.84. The van der Waals surface area contributed by atoms with Crippen LogP contribution in [0.1, 0.15) is 32.1 Å². The second kappa shape index (κ2) is 9.25. The molecule has 4 N–H and O–H groups in total. The highest BCUT2D eigenvalue weighted by Gasteiger charge is 2.38. The molecule has 0 aromatic carbocycles. The standard InChI is InChI=1S/C16H26N4O3S2/c21-13(17-5-6-24-12-7-14(22)20-16(12)23)4-2-1-3-11-15-10(8-25-11)18-9-19-15/h10-12,15,18-19H,1-9H2,(H,17,21)(H,20,22,23)/t10-,11-,12?,15-/m0/s1. The molecule has 9 heteroatoms. The van der Waals surface area contributed by atoms with Crippen LogP contribution in [0.3, 0.4) is 0 Å². The molecular formula is C16H26N4O3S2. The fourth-order valence-corrected chi connectivity index (χ4v) is 6.09. The lowest BCUT2D eigenvalue weighted by Crippen LogP contribution is -2.36. The summed E-state index contributed by atoms with van der Waals surface area (Å²) in [5.41, 5.74) is 0.